The van der Waals surface area contributed by atoms with Crippen molar-refractivity contribution in [3.05, 3.63) is 23.5 Å². The zero-order chi connectivity index (χ0) is 18.9. The highest BCUT2D eigenvalue weighted by molar-refractivity contribution is 5.64. The van der Waals surface area contributed by atoms with Crippen LogP contribution < -0.4 is 5.32 Å². The number of aliphatic hydroxyl groups excluding tert-OH is 1. The molecule has 1 aliphatic carbocycles. The van der Waals surface area contributed by atoms with Crippen LogP contribution >= 0.6 is 0 Å². The average Bonchev–Trinajstić information content (AvgIpc) is 2.57. The zero-order valence-electron chi connectivity index (χ0n) is 14.0. The van der Waals surface area contributed by atoms with Gasteiger partial charge >= 0.3 is 6.18 Å². The topological polar surface area (TPSA) is 104 Å². The van der Waals surface area contributed by atoms with Crippen molar-refractivity contribution in [2.24, 2.45) is 0 Å². The number of rotatable bonds is 3. The van der Waals surface area contributed by atoms with Gasteiger partial charge in [0.25, 0.3) is 0 Å². The van der Waals surface area contributed by atoms with Gasteiger partial charge in [0, 0.05) is 6.20 Å². The molecule has 3 rings (SSSR count). The lowest BCUT2D eigenvalue weighted by atomic mass is 9.93. The van der Waals surface area contributed by atoms with Crippen LogP contribution in [0.4, 0.5) is 19.1 Å². The quantitative estimate of drug-likeness (QED) is 0.764. The van der Waals surface area contributed by atoms with Gasteiger partial charge in [-0.15, -0.1) is 10.2 Å². The van der Waals surface area contributed by atoms with Gasteiger partial charge in [0.1, 0.15) is 17.1 Å². The Morgan fingerprint density at radius 1 is 1.15 bits per heavy atom. The van der Waals surface area contributed by atoms with E-state index in [0.29, 0.717) is 24.4 Å². The fourth-order valence-electron chi connectivity index (χ4n) is 2.92. The van der Waals surface area contributed by atoms with Gasteiger partial charge < -0.3 is 15.5 Å². The molecule has 0 bridgehead atoms. The van der Waals surface area contributed by atoms with Crippen LogP contribution in [0.25, 0.3) is 11.4 Å². The van der Waals surface area contributed by atoms with Crippen molar-refractivity contribution in [1.29, 1.82) is 0 Å². The van der Waals surface area contributed by atoms with Crippen molar-refractivity contribution >= 4 is 5.95 Å². The normalized spacial score (nSPS) is 20.8. The van der Waals surface area contributed by atoms with Crippen molar-refractivity contribution in [3.8, 4) is 17.1 Å². The van der Waals surface area contributed by atoms with Crippen molar-refractivity contribution in [1.82, 2.24) is 20.2 Å². The lowest BCUT2D eigenvalue weighted by Gasteiger charge is -2.28. The minimum Gasteiger partial charge on any atom is -0.506 e. The summed E-state index contributed by atoms with van der Waals surface area (Å²) >= 11 is 0. The molecule has 1 fully saturated rings. The number of nitrogens with one attached hydrogen (secondary N) is 1. The molecule has 2 atom stereocenters. The van der Waals surface area contributed by atoms with E-state index in [1.54, 1.807) is 6.92 Å². The summed E-state index contributed by atoms with van der Waals surface area (Å²) in [4.78, 5) is 7.88. The minimum absolute atomic E-state index is 0.0889. The van der Waals surface area contributed by atoms with Crippen molar-refractivity contribution < 1.29 is 23.4 Å². The van der Waals surface area contributed by atoms with E-state index in [4.69, 9.17) is 0 Å². The van der Waals surface area contributed by atoms with E-state index in [1.807, 2.05) is 0 Å². The van der Waals surface area contributed by atoms with E-state index >= 15 is 0 Å². The average molecular weight is 369 g/mol. The number of aromatic hydroxyl groups is 1. The van der Waals surface area contributed by atoms with E-state index < -0.39 is 23.6 Å². The van der Waals surface area contributed by atoms with Crippen molar-refractivity contribution in [2.45, 2.75) is 50.9 Å². The summed E-state index contributed by atoms with van der Waals surface area (Å²) in [5.41, 5.74) is -0.747. The molecule has 2 aromatic rings. The molecule has 2 aromatic heterocycles. The molecule has 0 radical (unpaired) electrons. The van der Waals surface area contributed by atoms with Gasteiger partial charge in [0.15, 0.2) is 0 Å². The van der Waals surface area contributed by atoms with E-state index in [1.165, 1.54) is 0 Å². The van der Waals surface area contributed by atoms with Gasteiger partial charge in [-0.1, -0.05) is 12.8 Å². The summed E-state index contributed by atoms with van der Waals surface area (Å²) in [5.74, 6) is -0.439. The lowest BCUT2D eigenvalue weighted by molar-refractivity contribution is -0.137. The number of pyridine rings is 1. The Morgan fingerprint density at radius 2 is 1.88 bits per heavy atom. The van der Waals surface area contributed by atoms with Crippen LogP contribution in [0.5, 0.6) is 5.75 Å². The molecule has 0 unspecified atom stereocenters. The molecular formula is C16H18F3N5O2. The van der Waals surface area contributed by atoms with Gasteiger partial charge in [0.2, 0.25) is 5.95 Å². The molecule has 0 spiro atoms. The number of aromatic nitrogens is 4. The molecule has 26 heavy (non-hydrogen) atoms. The molecule has 1 saturated carbocycles. The van der Waals surface area contributed by atoms with Crippen LogP contribution in [0.1, 0.15) is 36.9 Å². The summed E-state index contributed by atoms with van der Waals surface area (Å²) in [7, 11) is 0. The molecule has 140 valence electrons. The first kappa shape index (κ1) is 18.3. The van der Waals surface area contributed by atoms with Gasteiger partial charge in [-0.25, -0.2) is 9.97 Å². The van der Waals surface area contributed by atoms with Crippen LogP contribution in [0.3, 0.4) is 0 Å². The van der Waals surface area contributed by atoms with Crippen LogP contribution in [0, 0.1) is 6.92 Å². The maximum atomic E-state index is 12.7. The SMILES string of the molecule is Cc1nc(N[C@@H]2CCCC[C@H]2O)nnc1-c1ncc(C(F)(F)F)cc1O. The fourth-order valence-corrected chi connectivity index (χ4v) is 2.92. The summed E-state index contributed by atoms with van der Waals surface area (Å²) in [6.07, 6.45) is -1.03. The summed E-state index contributed by atoms with van der Waals surface area (Å²) in [5, 5.41) is 30.7. The van der Waals surface area contributed by atoms with Gasteiger partial charge in [0.05, 0.1) is 23.4 Å². The van der Waals surface area contributed by atoms with Crippen LogP contribution in [-0.4, -0.2) is 42.5 Å². The van der Waals surface area contributed by atoms with Crippen LogP contribution in [0.15, 0.2) is 12.3 Å². The van der Waals surface area contributed by atoms with Crippen LogP contribution in [0.2, 0.25) is 0 Å². The predicted octanol–water partition coefficient (Wildman–Crippen LogP) is 2.68. The third-order valence-electron chi connectivity index (χ3n) is 4.32. The van der Waals surface area contributed by atoms with E-state index in [-0.39, 0.29) is 23.4 Å². The first-order valence-electron chi connectivity index (χ1n) is 8.18. The Labute approximate surface area is 147 Å². The number of hydrogen-bond acceptors (Lipinski definition) is 7. The molecule has 0 aliphatic heterocycles. The highest BCUT2D eigenvalue weighted by atomic mass is 19.4. The van der Waals surface area contributed by atoms with E-state index in [0.717, 1.165) is 19.3 Å². The second kappa shape index (κ2) is 7.02. The Balaban J connectivity index is 1.84. The number of hydrogen-bond donors (Lipinski definition) is 3. The fraction of sp³-hybridized carbons (Fsp3) is 0.500. The van der Waals surface area contributed by atoms with Crippen molar-refractivity contribution in [2.75, 3.05) is 5.32 Å². The molecule has 0 saturated heterocycles. The summed E-state index contributed by atoms with van der Waals surface area (Å²) < 4.78 is 38.0. The zero-order valence-corrected chi connectivity index (χ0v) is 14.0. The number of alkyl halides is 3. The second-order valence-corrected chi connectivity index (χ2v) is 6.26. The molecule has 3 N–H and O–H groups in total. The first-order valence-corrected chi connectivity index (χ1v) is 8.18. The lowest BCUT2D eigenvalue weighted by Crippen LogP contribution is -2.37. The second-order valence-electron chi connectivity index (χ2n) is 6.26. The maximum absolute atomic E-state index is 12.7. The highest BCUT2D eigenvalue weighted by Gasteiger charge is 2.32. The molecule has 1 aliphatic rings. The van der Waals surface area contributed by atoms with Crippen LogP contribution in [-0.2, 0) is 6.18 Å². The number of anilines is 1. The smallest absolute Gasteiger partial charge is 0.418 e. The molecule has 0 amide bonds. The Bertz CT molecular complexity index is 800. The Kier molecular flexibility index (Phi) is 4.94. The standard InChI is InChI=1S/C16H18F3N5O2/c1-8-13(14-12(26)6-9(7-20-14)16(17,18)19)23-24-15(21-8)22-10-4-2-3-5-11(10)25/h6-7,10-11,25-26H,2-5H2,1H3,(H,21,22,24)/t10-,11-/m1/s1. The van der Waals surface area contributed by atoms with Gasteiger partial charge in [-0.05, 0) is 25.8 Å². The number of aryl methyl sites for hydroxylation is 1. The molecule has 10 heteroatoms. The maximum Gasteiger partial charge on any atom is 0.418 e. The first-order chi connectivity index (χ1) is 12.3. The van der Waals surface area contributed by atoms with Gasteiger partial charge in [-0.2, -0.15) is 13.2 Å². The highest BCUT2D eigenvalue weighted by Crippen LogP contribution is 2.34. The molecule has 2 heterocycles. The largest absolute Gasteiger partial charge is 0.506 e. The van der Waals surface area contributed by atoms with E-state index in [9.17, 15) is 23.4 Å². The minimum atomic E-state index is -4.60. The third kappa shape index (κ3) is 3.85. The summed E-state index contributed by atoms with van der Waals surface area (Å²) in [6, 6.07) is 0.418. The Hall–Kier alpha value is -2.49. The van der Waals surface area contributed by atoms with E-state index in [2.05, 4.69) is 25.5 Å². The molecular weight excluding hydrogens is 351 g/mol. The Morgan fingerprint density at radius 3 is 2.50 bits per heavy atom. The molecule has 0 aromatic carbocycles. The molecule has 7 nitrogen and oxygen atoms in total. The number of halogens is 3. The third-order valence-corrected chi connectivity index (χ3v) is 4.32. The number of aliphatic hydroxyl groups is 1. The predicted molar refractivity (Wildman–Crippen MR) is 86.3 cm³/mol. The summed E-state index contributed by atoms with van der Waals surface area (Å²) in [6.45, 7) is 1.59. The van der Waals surface area contributed by atoms with Crippen molar-refractivity contribution in [3.63, 3.8) is 0 Å². The number of nitrogens with zero attached hydrogens (tertiary/aromatic N) is 4. The monoisotopic (exact) mass is 369 g/mol. The van der Waals surface area contributed by atoms with Gasteiger partial charge in [-0.3, -0.25) is 0 Å².